The Hall–Kier alpha value is -2.25. The van der Waals surface area contributed by atoms with E-state index in [1.165, 1.54) is 28.7 Å². The van der Waals surface area contributed by atoms with Crippen LogP contribution >= 0.6 is 23.1 Å². The number of rotatable bonds is 5. The van der Waals surface area contributed by atoms with Crippen LogP contribution in [0.1, 0.15) is 5.56 Å². The molecule has 1 N–H and O–H groups in total. The van der Waals surface area contributed by atoms with Crippen LogP contribution < -0.4 is 5.32 Å². The number of anilines is 1. The fourth-order valence-corrected chi connectivity index (χ4v) is 3.17. The Bertz CT molecular complexity index is 787. The molecule has 2 aromatic heterocycles. The van der Waals surface area contributed by atoms with Crippen LogP contribution in [0.2, 0.25) is 0 Å². The van der Waals surface area contributed by atoms with E-state index in [0.29, 0.717) is 10.3 Å². The van der Waals surface area contributed by atoms with Gasteiger partial charge in [0, 0.05) is 23.3 Å². The number of nitrogens with one attached hydrogen (secondary N) is 1. The predicted molar refractivity (Wildman–Crippen MR) is 93.7 cm³/mol. The van der Waals surface area contributed by atoms with E-state index in [-0.39, 0.29) is 11.7 Å². The van der Waals surface area contributed by atoms with E-state index >= 15 is 0 Å². The zero-order valence-electron chi connectivity index (χ0n) is 12.4. The number of thioether (sulfide) groups is 1. The summed E-state index contributed by atoms with van der Waals surface area (Å²) in [5.41, 5.74) is 3.11. The lowest BCUT2D eigenvalue weighted by Crippen LogP contribution is -2.14. The summed E-state index contributed by atoms with van der Waals surface area (Å²) < 4.78 is 0. The van der Waals surface area contributed by atoms with Gasteiger partial charge in [-0.25, -0.2) is 15.0 Å². The molecule has 23 heavy (non-hydrogen) atoms. The van der Waals surface area contributed by atoms with Crippen molar-refractivity contribution in [3.05, 3.63) is 53.7 Å². The number of thiazole rings is 1. The molecule has 0 radical (unpaired) electrons. The predicted octanol–water partition coefficient (Wildman–Crippen LogP) is 3.64. The molecule has 3 aromatic rings. The van der Waals surface area contributed by atoms with Gasteiger partial charge in [0.2, 0.25) is 5.91 Å². The fourth-order valence-electron chi connectivity index (χ4n) is 1.83. The summed E-state index contributed by atoms with van der Waals surface area (Å²) in [5.74, 6) is 0.135. The van der Waals surface area contributed by atoms with Gasteiger partial charge in [-0.15, -0.1) is 11.3 Å². The van der Waals surface area contributed by atoms with Crippen molar-refractivity contribution in [1.82, 2.24) is 15.0 Å². The molecule has 0 saturated heterocycles. The molecule has 0 aliphatic heterocycles. The van der Waals surface area contributed by atoms with Gasteiger partial charge in [-0.1, -0.05) is 41.6 Å². The number of aromatic nitrogens is 3. The monoisotopic (exact) mass is 342 g/mol. The average Bonchev–Trinajstić information content (AvgIpc) is 3.03. The van der Waals surface area contributed by atoms with Crippen LogP contribution in [0, 0.1) is 6.92 Å². The highest BCUT2D eigenvalue weighted by Gasteiger charge is 2.09. The van der Waals surface area contributed by atoms with Gasteiger partial charge in [0.25, 0.3) is 0 Å². The fraction of sp³-hybridized carbons (Fsp3) is 0.125. The maximum absolute atomic E-state index is 12.0. The zero-order valence-corrected chi connectivity index (χ0v) is 14.0. The first-order valence-electron chi connectivity index (χ1n) is 6.93. The standard InChI is InChI=1S/C16H14N4OS2/c1-11-3-5-12(6-4-11)13-9-22-16(19-13)20-14(21)10-23-15-17-7-2-8-18-15/h2-9H,10H2,1H3,(H,19,20,21). The summed E-state index contributed by atoms with van der Waals surface area (Å²) in [7, 11) is 0. The first-order chi connectivity index (χ1) is 11.2. The van der Waals surface area contributed by atoms with Crippen LogP contribution in [0.3, 0.4) is 0 Å². The number of aryl methyl sites for hydroxylation is 1. The van der Waals surface area contributed by atoms with E-state index in [9.17, 15) is 4.79 Å². The van der Waals surface area contributed by atoms with Crippen molar-refractivity contribution in [1.29, 1.82) is 0 Å². The summed E-state index contributed by atoms with van der Waals surface area (Å²) in [6, 6.07) is 9.89. The van der Waals surface area contributed by atoms with Crippen LogP contribution in [0.5, 0.6) is 0 Å². The molecule has 1 amide bonds. The van der Waals surface area contributed by atoms with Crippen LogP contribution in [0.25, 0.3) is 11.3 Å². The second-order valence-corrected chi connectivity index (χ2v) is 6.57. The van der Waals surface area contributed by atoms with Crippen molar-refractivity contribution in [2.75, 3.05) is 11.1 Å². The van der Waals surface area contributed by atoms with Gasteiger partial charge < -0.3 is 5.32 Å². The third kappa shape index (κ3) is 4.37. The third-order valence-electron chi connectivity index (χ3n) is 2.97. The van der Waals surface area contributed by atoms with Crippen LogP contribution in [-0.4, -0.2) is 26.6 Å². The van der Waals surface area contributed by atoms with Gasteiger partial charge in [0.05, 0.1) is 11.4 Å². The molecule has 0 saturated carbocycles. The van der Waals surface area contributed by atoms with Gasteiger partial charge in [-0.2, -0.15) is 0 Å². The minimum atomic E-state index is -0.118. The van der Waals surface area contributed by atoms with Crippen molar-refractivity contribution in [3.63, 3.8) is 0 Å². The number of nitrogens with zero attached hydrogens (tertiary/aromatic N) is 3. The highest BCUT2D eigenvalue weighted by molar-refractivity contribution is 7.99. The number of carbonyl (C=O) groups is 1. The average molecular weight is 342 g/mol. The minimum absolute atomic E-state index is 0.118. The lowest BCUT2D eigenvalue weighted by molar-refractivity contribution is -0.113. The maximum Gasteiger partial charge on any atom is 0.236 e. The quantitative estimate of drug-likeness (QED) is 0.566. The van der Waals surface area contributed by atoms with Crippen LogP contribution in [0.4, 0.5) is 5.13 Å². The third-order valence-corrected chi connectivity index (χ3v) is 4.61. The number of benzene rings is 1. The topological polar surface area (TPSA) is 67.8 Å². The van der Waals surface area contributed by atoms with E-state index in [2.05, 4.69) is 20.3 Å². The highest BCUT2D eigenvalue weighted by atomic mass is 32.2. The molecular weight excluding hydrogens is 328 g/mol. The molecule has 0 unspecified atom stereocenters. The lowest BCUT2D eigenvalue weighted by atomic mass is 10.1. The molecule has 116 valence electrons. The minimum Gasteiger partial charge on any atom is -0.301 e. The Morgan fingerprint density at radius 1 is 1.22 bits per heavy atom. The van der Waals surface area contributed by atoms with E-state index in [0.717, 1.165) is 11.3 Å². The first kappa shape index (κ1) is 15.6. The molecule has 0 spiro atoms. The molecule has 0 atom stereocenters. The molecule has 0 aliphatic rings. The summed E-state index contributed by atoms with van der Waals surface area (Å²) in [6.07, 6.45) is 3.31. The highest BCUT2D eigenvalue weighted by Crippen LogP contribution is 2.25. The van der Waals surface area contributed by atoms with Crippen molar-refractivity contribution in [2.45, 2.75) is 12.1 Å². The smallest absolute Gasteiger partial charge is 0.236 e. The lowest BCUT2D eigenvalue weighted by Gasteiger charge is -2.01. The Morgan fingerprint density at radius 3 is 2.70 bits per heavy atom. The molecule has 5 nitrogen and oxygen atoms in total. The molecule has 3 rings (SSSR count). The van der Waals surface area contributed by atoms with Gasteiger partial charge in [0.1, 0.15) is 0 Å². The zero-order chi connectivity index (χ0) is 16.1. The molecule has 1 aromatic carbocycles. The maximum atomic E-state index is 12.0. The number of amides is 1. The molecule has 2 heterocycles. The second kappa shape index (κ2) is 7.34. The molecule has 0 aliphatic carbocycles. The van der Waals surface area contributed by atoms with Gasteiger partial charge in [-0.05, 0) is 13.0 Å². The number of hydrogen-bond acceptors (Lipinski definition) is 6. The SMILES string of the molecule is Cc1ccc(-c2csc(NC(=O)CSc3ncccn3)n2)cc1. The van der Waals surface area contributed by atoms with E-state index in [1.807, 2.05) is 36.6 Å². The Labute approximate surface area is 142 Å². The molecule has 7 heteroatoms. The summed E-state index contributed by atoms with van der Waals surface area (Å²) >= 11 is 2.71. The summed E-state index contributed by atoms with van der Waals surface area (Å²) in [6.45, 7) is 2.05. The number of hydrogen-bond donors (Lipinski definition) is 1. The van der Waals surface area contributed by atoms with Crippen LogP contribution in [-0.2, 0) is 4.79 Å². The van der Waals surface area contributed by atoms with Crippen molar-refractivity contribution in [2.24, 2.45) is 0 Å². The van der Waals surface area contributed by atoms with E-state index in [4.69, 9.17) is 0 Å². The number of carbonyl (C=O) groups excluding carboxylic acids is 1. The van der Waals surface area contributed by atoms with Gasteiger partial charge in [-0.3, -0.25) is 4.79 Å². The van der Waals surface area contributed by atoms with E-state index in [1.54, 1.807) is 18.5 Å². The van der Waals surface area contributed by atoms with Gasteiger partial charge >= 0.3 is 0 Å². The molecule has 0 bridgehead atoms. The van der Waals surface area contributed by atoms with Crippen molar-refractivity contribution in [3.8, 4) is 11.3 Å². The van der Waals surface area contributed by atoms with E-state index < -0.39 is 0 Å². The summed E-state index contributed by atoms with van der Waals surface area (Å²) in [5, 5.41) is 5.93. The van der Waals surface area contributed by atoms with Crippen molar-refractivity contribution < 1.29 is 4.79 Å². The summed E-state index contributed by atoms with van der Waals surface area (Å²) in [4.78, 5) is 24.5. The molecule has 0 fully saturated rings. The van der Waals surface area contributed by atoms with Crippen molar-refractivity contribution >= 4 is 34.1 Å². The Kier molecular flexibility index (Phi) is 4.99. The Balaban J connectivity index is 1.58. The largest absolute Gasteiger partial charge is 0.301 e. The second-order valence-electron chi connectivity index (χ2n) is 4.77. The molecular formula is C16H14N4OS2. The first-order valence-corrected chi connectivity index (χ1v) is 8.79. The Morgan fingerprint density at radius 2 is 1.96 bits per heavy atom. The van der Waals surface area contributed by atoms with Crippen LogP contribution in [0.15, 0.2) is 53.3 Å². The van der Waals surface area contributed by atoms with Gasteiger partial charge in [0.15, 0.2) is 10.3 Å². The normalized spacial score (nSPS) is 10.5.